The molecule has 0 aromatic carbocycles. The first-order chi connectivity index (χ1) is 3.72. The molecular weight excluding hydrogens is 185 g/mol. The Hall–Kier alpha value is 0.409. The van der Waals surface area contributed by atoms with Crippen LogP contribution in [0.2, 0.25) is 0 Å². The Labute approximate surface area is 64.3 Å². The van der Waals surface area contributed by atoms with Crippen molar-refractivity contribution in [2.24, 2.45) is 0 Å². The summed E-state index contributed by atoms with van der Waals surface area (Å²) in [7, 11) is 0. The first kappa shape index (κ1) is 8.41. The van der Waals surface area contributed by atoms with Crippen molar-refractivity contribution in [2.45, 2.75) is 13.8 Å². The maximum absolute atomic E-state index is 4.89. The molecule has 0 aliphatic rings. The van der Waals surface area contributed by atoms with E-state index in [-0.39, 0.29) is 0 Å². The van der Waals surface area contributed by atoms with E-state index in [4.69, 9.17) is 12.2 Å². The molecule has 3 heteroatoms. The summed E-state index contributed by atoms with van der Waals surface area (Å²) in [5.74, 6) is 0. The Balaban J connectivity index is 3.52. The summed E-state index contributed by atoms with van der Waals surface area (Å²) >= 11 is 7.68. The van der Waals surface area contributed by atoms with E-state index in [1.807, 2.05) is 0 Å². The molecule has 0 saturated heterocycles. The molecule has 0 aromatic heterocycles. The molecule has 0 aliphatic heterocycles. The SMILES string of the molecule is CCN(CC)C(=S)[Se]. The molecule has 0 spiro atoms. The van der Waals surface area contributed by atoms with Gasteiger partial charge in [0.2, 0.25) is 0 Å². The Bertz CT molecular complexity index is 80.5. The molecule has 0 saturated carbocycles. The van der Waals surface area contributed by atoms with Gasteiger partial charge in [-0.2, -0.15) is 0 Å². The molecule has 0 aliphatic carbocycles. The van der Waals surface area contributed by atoms with Crippen LogP contribution in [0.5, 0.6) is 0 Å². The van der Waals surface area contributed by atoms with E-state index < -0.39 is 0 Å². The van der Waals surface area contributed by atoms with Gasteiger partial charge in [-0.05, 0) is 0 Å². The molecule has 0 amide bonds. The van der Waals surface area contributed by atoms with Gasteiger partial charge in [-0.1, -0.05) is 0 Å². The van der Waals surface area contributed by atoms with Gasteiger partial charge < -0.3 is 0 Å². The number of hydrogen-bond donors (Lipinski definition) is 0. The maximum atomic E-state index is 4.89. The van der Waals surface area contributed by atoms with Gasteiger partial charge in [0, 0.05) is 0 Å². The van der Waals surface area contributed by atoms with E-state index in [0.29, 0.717) is 0 Å². The minimum atomic E-state index is 0.870. The summed E-state index contributed by atoms with van der Waals surface area (Å²) in [6, 6.07) is 0. The Morgan fingerprint density at radius 1 is 1.50 bits per heavy atom. The van der Waals surface area contributed by atoms with Crippen molar-refractivity contribution in [3.05, 3.63) is 0 Å². The van der Waals surface area contributed by atoms with Crippen LogP contribution in [0.1, 0.15) is 13.8 Å². The third-order valence-electron chi connectivity index (χ3n) is 1.02. The van der Waals surface area contributed by atoms with Gasteiger partial charge in [-0.25, -0.2) is 0 Å². The van der Waals surface area contributed by atoms with Crippen molar-refractivity contribution in [3.8, 4) is 0 Å². The molecule has 47 valence electrons. The molecule has 0 N–H and O–H groups in total. The van der Waals surface area contributed by atoms with E-state index in [1.54, 1.807) is 0 Å². The van der Waals surface area contributed by atoms with Gasteiger partial charge in [-0.15, -0.1) is 0 Å². The Morgan fingerprint density at radius 3 is 1.88 bits per heavy atom. The van der Waals surface area contributed by atoms with Crippen molar-refractivity contribution in [1.29, 1.82) is 0 Å². The molecule has 0 aromatic rings. The number of rotatable bonds is 2. The molecular formula is C5H10NSSe. The third-order valence-corrected chi connectivity index (χ3v) is 1.82. The Kier molecular flexibility index (Phi) is 4.52. The standard InChI is InChI=1S/C5H10NSSe/c1-3-6(4-2)5(7)8/h3-4H2,1-2H3. The average Bonchev–Trinajstić information content (AvgIpc) is 1.69. The van der Waals surface area contributed by atoms with Crippen molar-refractivity contribution >= 4 is 32.1 Å². The van der Waals surface area contributed by atoms with E-state index in [1.165, 1.54) is 0 Å². The molecule has 0 fully saturated rings. The monoisotopic (exact) mass is 196 g/mol. The molecule has 1 nitrogen and oxygen atoms in total. The molecule has 0 unspecified atom stereocenters. The molecule has 8 heavy (non-hydrogen) atoms. The summed E-state index contributed by atoms with van der Waals surface area (Å²) in [6.45, 7) is 6.19. The van der Waals surface area contributed by atoms with Gasteiger partial charge in [0.15, 0.2) is 0 Å². The predicted octanol–water partition coefficient (Wildman–Crippen LogP) is 0.782. The van der Waals surface area contributed by atoms with Crippen molar-refractivity contribution in [3.63, 3.8) is 0 Å². The second-order valence-electron chi connectivity index (χ2n) is 1.44. The zero-order chi connectivity index (χ0) is 6.57. The summed E-state index contributed by atoms with van der Waals surface area (Å²) < 4.78 is 0.870. The molecule has 0 bridgehead atoms. The Morgan fingerprint density at radius 2 is 1.88 bits per heavy atom. The fourth-order valence-corrected chi connectivity index (χ4v) is 1.28. The van der Waals surface area contributed by atoms with Crippen LogP contribution in [0, 0.1) is 0 Å². The van der Waals surface area contributed by atoms with Crippen LogP contribution in [-0.2, 0) is 0 Å². The fraction of sp³-hybridized carbons (Fsp3) is 0.800. The van der Waals surface area contributed by atoms with Crippen LogP contribution < -0.4 is 0 Å². The van der Waals surface area contributed by atoms with E-state index in [0.717, 1.165) is 17.0 Å². The zero-order valence-corrected chi connectivity index (χ0v) is 7.71. The van der Waals surface area contributed by atoms with Gasteiger partial charge in [0.1, 0.15) is 0 Å². The van der Waals surface area contributed by atoms with E-state index in [2.05, 4.69) is 34.8 Å². The summed E-state index contributed by atoms with van der Waals surface area (Å²) in [5, 5.41) is 0. The number of hydrogen-bond acceptors (Lipinski definition) is 1. The number of thiocarbonyl (C=S) groups is 1. The average molecular weight is 195 g/mol. The van der Waals surface area contributed by atoms with Gasteiger partial charge in [0.25, 0.3) is 0 Å². The molecule has 1 radical (unpaired) electrons. The van der Waals surface area contributed by atoms with E-state index in [9.17, 15) is 0 Å². The van der Waals surface area contributed by atoms with Gasteiger partial charge in [-0.3, -0.25) is 0 Å². The van der Waals surface area contributed by atoms with Crippen LogP contribution in [0.25, 0.3) is 0 Å². The van der Waals surface area contributed by atoms with Crippen LogP contribution in [0.15, 0.2) is 0 Å². The second-order valence-corrected chi connectivity index (χ2v) is 3.22. The zero-order valence-electron chi connectivity index (χ0n) is 5.18. The summed E-state index contributed by atoms with van der Waals surface area (Å²) in [4.78, 5) is 2.09. The third kappa shape index (κ3) is 2.65. The van der Waals surface area contributed by atoms with Crippen LogP contribution in [0.4, 0.5) is 0 Å². The van der Waals surface area contributed by atoms with Crippen LogP contribution in [-0.4, -0.2) is 37.9 Å². The van der Waals surface area contributed by atoms with Crippen LogP contribution in [0.3, 0.4) is 0 Å². The summed E-state index contributed by atoms with van der Waals surface area (Å²) in [5.41, 5.74) is 0. The normalized spacial score (nSPS) is 8.75. The predicted molar refractivity (Wildman–Crippen MR) is 41.3 cm³/mol. The van der Waals surface area contributed by atoms with Gasteiger partial charge in [0.05, 0.1) is 0 Å². The summed E-state index contributed by atoms with van der Waals surface area (Å²) in [6.07, 6.45) is 0. The second kappa shape index (κ2) is 4.30. The first-order valence-electron chi connectivity index (χ1n) is 2.68. The fourth-order valence-electron chi connectivity index (χ4n) is 0.482. The molecule has 0 rings (SSSR count). The van der Waals surface area contributed by atoms with Crippen LogP contribution >= 0.6 is 12.2 Å². The van der Waals surface area contributed by atoms with Crippen molar-refractivity contribution in [1.82, 2.24) is 4.90 Å². The first-order valence-corrected chi connectivity index (χ1v) is 3.94. The van der Waals surface area contributed by atoms with Crippen molar-refractivity contribution < 1.29 is 0 Å². The van der Waals surface area contributed by atoms with Crippen molar-refractivity contribution in [2.75, 3.05) is 13.1 Å². The minimum absolute atomic E-state index is 0.870. The molecule has 0 heterocycles. The topological polar surface area (TPSA) is 3.24 Å². The quantitative estimate of drug-likeness (QED) is 0.473. The van der Waals surface area contributed by atoms with Gasteiger partial charge >= 0.3 is 64.0 Å². The molecule has 0 atom stereocenters. The number of nitrogens with zero attached hydrogens (tertiary/aromatic N) is 1. The van der Waals surface area contributed by atoms with E-state index >= 15 is 0 Å².